The number of aryl methyl sites for hydroxylation is 1. The highest BCUT2D eigenvalue weighted by atomic mass is 16.1. The van der Waals surface area contributed by atoms with Crippen LogP contribution in [0.25, 0.3) is 11.3 Å². The lowest BCUT2D eigenvalue weighted by atomic mass is 10.1. The normalized spacial score (nSPS) is 16.2. The molecule has 4 nitrogen and oxygen atoms in total. The molecular weight excluding hydrogens is 250 g/mol. The SMILES string of the molecule is Cc1ccc(-c2ccc(=O)n(C3CCNCC3)n2)cc1. The second-order valence-electron chi connectivity index (χ2n) is 5.35. The van der Waals surface area contributed by atoms with Crippen molar-refractivity contribution < 1.29 is 0 Å². The summed E-state index contributed by atoms with van der Waals surface area (Å²) in [5.41, 5.74) is 3.13. The molecule has 2 heterocycles. The van der Waals surface area contributed by atoms with Crippen LogP contribution < -0.4 is 10.9 Å². The summed E-state index contributed by atoms with van der Waals surface area (Å²) in [5, 5.41) is 7.89. The Morgan fingerprint density at radius 3 is 2.50 bits per heavy atom. The fraction of sp³-hybridized carbons (Fsp3) is 0.375. The average Bonchev–Trinajstić information content (AvgIpc) is 2.50. The first-order valence-electron chi connectivity index (χ1n) is 7.12. The van der Waals surface area contributed by atoms with E-state index in [-0.39, 0.29) is 11.6 Å². The minimum Gasteiger partial charge on any atom is -0.317 e. The van der Waals surface area contributed by atoms with Gasteiger partial charge in [0, 0.05) is 11.6 Å². The summed E-state index contributed by atoms with van der Waals surface area (Å²) in [6.45, 7) is 3.97. The standard InChI is InChI=1S/C16H19N3O/c1-12-2-4-13(5-3-12)15-6-7-16(20)19(18-15)14-8-10-17-11-9-14/h2-7,14,17H,8-11H2,1H3. The molecular formula is C16H19N3O. The Balaban J connectivity index is 1.97. The van der Waals surface area contributed by atoms with Crippen molar-refractivity contribution in [3.63, 3.8) is 0 Å². The molecule has 1 aromatic heterocycles. The van der Waals surface area contributed by atoms with Gasteiger partial charge in [0.2, 0.25) is 0 Å². The van der Waals surface area contributed by atoms with Crippen LogP contribution in [0.2, 0.25) is 0 Å². The summed E-state index contributed by atoms with van der Waals surface area (Å²) in [6.07, 6.45) is 1.93. The number of hydrogen-bond acceptors (Lipinski definition) is 3. The molecule has 0 radical (unpaired) electrons. The number of aromatic nitrogens is 2. The Bertz CT molecular complexity index is 640. The molecule has 0 bridgehead atoms. The summed E-state index contributed by atoms with van der Waals surface area (Å²) >= 11 is 0. The first kappa shape index (κ1) is 13.1. The van der Waals surface area contributed by atoms with Crippen LogP contribution in [-0.4, -0.2) is 22.9 Å². The zero-order valence-electron chi connectivity index (χ0n) is 11.7. The number of piperidine rings is 1. The molecule has 0 atom stereocenters. The summed E-state index contributed by atoms with van der Waals surface area (Å²) in [5.74, 6) is 0. The van der Waals surface area contributed by atoms with Crippen LogP contribution in [0.5, 0.6) is 0 Å². The highest BCUT2D eigenvalue weighted by Crippen LogP contribution is 2.19. The van der Waals surface area contributed by atoms with Crippen molar-refractivity contribution >= 4 is 0 Å². The largest absolute Gasteiger partial charge is 0.317 e. The molecule has 0 unspecified atom stereocenters. The van der Waals surface area contributed by atoms with Gasteiger partial charge < -0.3 is 5.32 Å². The van der Waals surface area contributed by atoms with E-state index < -0.39 is 0 Å². The van der Waals surface area contributed by atoms with E-state index in [4.69, 9.17) is 0 Å². The first-order chi connectivity index (χ1) is 9.74. The van der Waals surface area contributed by atoms with E-state index in [0.29, 0.717) is 0 Å². The Morgan fingerprint density at radius 2 is 1.80 bits per heavy atom. The monoisotopic (exact) mass is 269 g/mol. The molecule has 2 aromatic rings. The van der Waals surface area contributed by atoms with Gasteiger partial charge in [-0.3, -0.25) is 4.79 Å². The van der Waals surface area contributed by atoms with Crippen LogP contribution in [0.4, 0.5) is 0 Å². The quantitative estimate of drug-likeness (QED) is 0.908. The topological polar surface area (TPSA) is 46.9 Å². The molecule has 1 aliphatic rings. The number of nitrogens with zero attached hydrogens (tertiary/aromatic N) is 2. The molecule has 4 heteroatoms. The van der Waals surface area contributed by atoms with Gasteiger partial charge >= 0.3 is 0 Å². The molecule has 1 aliphatic heterocycles. The fourth-order valence-corrected chi connectivity index (χ4v) is 2.62. The highest BCUT2D eigenvalue weighted by molar-refractivity contribution is 5.58. The molecule has 0 aliphatic carbocycles. The molecule has 1 aromatic carbocycles. The Morgan fingerprint density at radius 1 is 1.10 bits per heavy atom. The van der Waals surface area contributed by atoms with Crippen LogP contribution in [0, 0.1) is 6.92 Å². The van der Waals surface area contributed by atoms with E-state index in [9.17, 15) is 4.79 Å². The summed E-state index contributed by atoms with van der Waals surface area (Å²) in [7, 11) is 0. The summed E-state index contributed by atoms with van der Waals surface area (Å²) in [6, 6.07) is 11.9. The molecule has 104 valence electrons. The molecule has 0 spiro atoms. The molecule has 0 saturated carbocycles. The van der Waals surface area contributed by atoms with Crippen molar-refractivity contribution in [2.24, 2.45) is 0 Å². The second-order valence-corrected chi connectivity index (χ2v) is 5.35. The summed E-state index contributed by atoms with van der Waals surface area (Å²) < 4.78 is 1.66. The second kappa shape index (κ2) is 5.59. The van der Waals surface area contributed by atoms with Crippen LogP contribution in [-0.2, 0) is 0 Å². The van der Waals surface area contributed by atoms with Crippen LogP contribution in [0.3, 0.4) is 0 Å². The Hall–Kier alpha value is -1.94. The van der Waals surface area contributed by atoms with Crippen LogP contribution >= 0.6 is 0 Å². The van der Waals surface area contributed by atoms with Gasteiger partial charge in [0.25, 0.3) is 5.56 Å². The van der Waals surface area contributed by atoms with Crippen molar-refractivity contribution in [1.82, 2.24) is 15.1 Å². The third-order valence-corrected chi connectivity index (χ3v) is 3.83. The molecule has 0 amide bonds. The number of nitrogens with one attached hydrogen (secondary N) is 1. The number of rotatable bonds is 2. The van der Waals surface area contributed by atoms with Gasteiger partial charge in [0.15, 0.2) is 0 Å². The number of benzene rings is 1. The van der Waals surface area contributed by atoms with Crippen LogP contribution in [0.1, 0.15) is 24.4 Å². The Labute approximate surface area is 118 Å². The van der Waals surface area contributed by atoms with Crippen LogP contribution in [0.15, 0.2) is 41.2 Å². The van der Waals surface area contributed by atoms with Gasteiger partial charge in [0.1, 0.15) is 0 Å². The van der Waals surface area contributed by atoms with Crippen molar-refractivity contribution in [2.75, 3.05) is 13.1 Å². The lowest BCUT2D eigenvalue weighted by Crippen LogP contribution is -2.35. The van der Waals surface area contributed by atoms with Crippen molar-refractivity contribution in [1.29, 1.82) is 0 Å². The zero-order chi connectivity index (χ0) is 13.9. The third-order valence-electron chi connectivity index (χ3n) is 3.83. The maximum absolute atomic E-state index is 12.0. The maximum atomic E-state index is 12.0. The third kappa shape index (κ3) is 2.65. The van der Waals surface area contributed by atoms with Crippen molar-refractivity contribution in [2.45, 2.75) is 25.8 Å². The van der Waals surface area contributed by atoms with Crippen molar-refractivity contribution in [3.05, 3.63) is 52.3 Å². The van der Waals surface area contributed by atoms with E-state index in [1.165, 1.54) is 5.56 Å². The van der Waals surface area contributed by atoms with Gasteiger partial charge in [-0.05, 0) is 38.9 Å². The minimum absolute atomic E-state index is 0.00670. The van der Waals surface area contributed by atoms with E-state index >= 15 is 0 Å². The van der Waals surface area contributed by atoms with Crippen molar-refractivity contribution in [3.8, 4) is 11.3 Å². The minimum atomic E-state index is -0.00670. The highest BCUT2D eigenvalue weighted by Gasteiger charge is 2.17. The predicted molar refractivity (Wildman–Crippen MR) is 79.8 cm³/mol. The van der Waals surface area contributed by atoms with Gasteiger partial charge in [-0.15, -0.1) is 0 Å². The maximum Gasteiger partial charge on any atom is 0.267 e. The van der Waals surface area contributed by atoms with E-state index in [1.54, 1.807) is 10.7 Å². The van der Waals surface area contributed by atoms with E-state index in [1.807, 2.05) is 6.07 Å². The molecule has 3 rings (SSSR count). The first-order valence-corrected chi connectivity index (χ1v) is 7.12. The molecule has 1 N–H and O–H groups in total. The summed E-state index contributed by atoms with van der Waals surface area (Å²) in [4.78, 5) is 12.0. The predicted octanol–water partition coefficient (Wildman–Crippen LogP) is 2.14. The average molecular weight is 269 g/mol. The van der Waals surface area contributed by atoms with E-state index in [0.717, 1.165) is 37.2 Å². The lowest BCUT2D eigenvalue weighted by molar-refractivity contribution is 0.332. The molecule has 20 heavy (non-hydrogen) atoms. The smallest absolute Gasteiger partial charge is 0.267 e. The van der Waals surface area contributed by atoms with Gasteiger partial charge in [-0.25, -0.2) is 4.68 Å². The Kier molecular flexibility index (Phi) is 3.65. The zero-order valence-corrected chi connectivity index (χ0v) is 11.7. The fourth-order valence-electron chi connectivity index (χ4n) is 2.62. The number of hydrogen-bond donors (Lipinski definition) is 1. The van der Waals surface area contributed by atoms with Gasteiger partial charge in [-0.1, -0.05) is 29.8 Å². The molecule has 1 fully saturated rings. The molecule has 1 saturated heterocycles. The lowest BCUT2D eigenvalue weighted by Gasteiger charge is -2.23. The van der Waals surface area contributed by atoms with E-state index in [2.05, 4.69) is 41.6 Å². The van der Waals surface area contributed by atoms with Gasteiger partial charge in [-0.2, -0.15) is 5.10 Å². The van der Waals surface area contributed by atoms with Gasteiger partial charge in [0.05, 0.1) is 11.7 Å².